The average molecular weight is 677 g/mol. The molecule has 248 valence electrons. The van der Waals surface area contributed by atoms with Crippen molar-refractivity contribution in [3.05, 3.63) is 64.2 Å². The predicted molar refractivity (Wildman–Crippen MR) is 173 cm³/mol. The Morgan fingerprint density at radius 2 is 1.78 bits per heavy atom. The summed E-state index contributed by atoms with van der Waals surface area (Å²) in [6.45, 7) is 6.56. The van der Waals surface area contributed by atoms with Crippen LogP contribution in [0.3, 0.4) is 0 Å². The molecule has 5 rings (SSSR count). The van der Waals surface area contributed by atoms with E-state index in [0.717, 1.165) is 58.8 Å². The molecule has 8 nitrogen and oxygen atoms in total. The third-order valence-corrected chi connectivity index (χ3v) is 10.7. The first-order chi connectivity index (χ1) is 22.0. The fraction of sp³-hybridized carbons (Fsp3) is 0.485. The number of nitrogens with zero attached hydrogens (tertiary/aromatic N) is 3. The van der Waals surface area contributed by atoms with Gasteiger partial charge in [-0.1, -0.05) is 31.4 Å². The van der Waals surface area contributed by atoms with Crippen molar-refractivity contribution in [2.75, 3.05) is 26.2 Å². The van der Waals surface area contributed by atoms with Crippen LogP contribution in [-0.4, -0.2) is 70.2 Å². The summed E-state index contributed by atoms with van der Waals surface area (Å²) in [5.41, 5.74) is 1.62. The number of carbonyl (C=O) groups excluding carboxylic acids is 1. The number of thioether (sulfide) groups is 1. The van der Waals surface area contributed by atoms with Crippen molar-refractivity contribution in [2.24, 2.45) is 0 Å². The van der Waals surface area contributed by atoms with E-state index in [1.54, 1.807) is 17.8 Å². The first-order valence-corrected chi connectivity index (χ1v) is 17.3. The van der Waals surface area contributed by atoms with Crippen molar-refractivity contribution in [3.8, 4) is 16.3 Å². The van der Waals surface area contributed by atoms with Crippen LogP contribution in [0.4, 0.5) is 18.0 Å². The lowest BCUT2D eigenvalue weighted by Gasteiger charge is -2.35. The molecule has 1 saturated carbocycles. The number of rotatable bonds is 10. The second-order valence-corrected chi connectivity index (χ2v) is 14.0. The Morgan fingerprint density at radius 1 is 1.09 bits per heavy atom. The van der Waals surface area contributed by atoms with Gasteiger partial charge < -0.3 is 20.1 Å². The zero-order chi connectivity index (χ0) is 32.8. The maximum atomic E-state index is 13.2. The van der Waals surface area contributed by atoms with Crippen molar-refractivity contribution in [2.45, 2.75) is 81.5 Å². The van der Waals surface area contributed by atoms with Gasteiger partial charge in [0.25, 0.3) is 0 Å². The summed E-state index contributed by atoms with van der Waals surface area (Å²) < 4.78 is 45.1. The molecule has 1 unspecified atom stereocenters. The highest BCUT2D eigenvalue weighted by Gasteiger charge is 2.30. The minimum absolute atomic E-state index is 0.00557. The number of carboxylic acid groups (broad SMARTS) is 1. The van der Waals surface area contributed by atoms with Crippen molar-refractivity contribution < 1.29 is 32.6 Å². The molecule has 0 bridgehead atoms. The van der Waals surface area contributed by atoms with Gasteiger partial charge in [-0.15, -0.1) is 23.1 Å². The Labute approximate surface area is 275 Å². The summed E-state index contributed by atoms with van der Waals surface area (Å²) in [6, 6.07) is 11.0. The molecule has 1 aromatic heterocycles. The number of carboxylic acids is 1. The lowest BCUT2D eigenvalue weighted by atomic mass is 9.96. The van der Waals surface area contributed by atoms with E-state index in [9.17, 15) is 22.8 Å². The summed E-state index contributed by atoms with van der Waals surface area (Å²) in [5.74, 6) is 0.0696. The topological polar surface area (TPSA) is 95.0 Å². The molecule has 2 aliphatic rings. The number of nitrogens with one attached hydrogen (secondary N) is 1. The molecule has 2 heterocycles. The zero-order valence-electron chi connectivity index (χ0n) is 25.9. The number of aryl methyl sites for hydroxylation is 1. The Bertz CT molecular complexity index is 1500. The molecular weight excluding hydrogens is 638 g/mol. The lowest BCUT2D eigenvalue weighted by Crippen LogP contribution is -2.53. The number of urea groups is 1. The molecule has 2 N–H and O–H groups in total. The van der Waals surface area contributed by atoms with Gasteiger partial charge in [-0.2, -0.15) is 13.2 Å². The van der Waals surface area contributed by atoms with E-state index in [4.69, 9.17) is 14.8 Å². The van der Waals surface area contributed by atoms with E-state index in [2.05, 4.69) is 10.2 Å². The fourth-order valence-corrected chi connectivity index (χ4v) is 7.78. The number of hydrogen-bond acceptors (Lipinski definition) is 7. The molecule has 2 amide bonds. The summed E-state index contributed by atoms with van der Waals surface area (Å²) in [5, 5.41) is 13.0. The largest absolute Gasteiger partial charge is 0.479 e. The first kappa shape index (κ1) is 34.1. The van der Waals surface area contributed by atoms with E-state index in [1.807, 2.05) is 24.0 Å². The molecular formula is C33H39F3N4O4S2. The van der Waals surface area contributed by atoms with Gasteiger partial charge >= 0.3 is 18.2 Å². The zero-order valence-corrected chi connectivity index (χ0v) is 27.6. The van der Waals surface area contributed by atoms with Gasteiger partial charge in [0.05, 0.1) is 11.3 Å². The van der Waals surface area contributed by atoms with Gasteiger partial charge in [0.2, 0.25) is 0 Å². The summed E-state index contributed by atoms with van der Waals surface area (Å²) in [4.78, 5) is 35.1. The highest BCUT2D eigenvalue weighted by atomic mass is 32.2. The Balaban J connectivity index is 1.27. The van der Waals surface area contributed by atoms with Gasteiger partial charge in [-0.3, -0.25) is 4.90 Å². The van der Waals surface area contributed by atoms with Crippen LogP contribution in [0.1, 0.15) is 60.7 Å². The Kier molecular flexibility index (Phi) is 11.2. The number of halogens is 3. The standard InChI is InChI=1S/C33H39F3N4O4S2/c1-21-18-26(12-13-28(21)44-22(2)31(41)42)45-20-29-27(38-30(46-29)23-8-10-24(11-9-23)33(34,35)36)19-39-14-16-40(17-15-39)32(43)37-25-6-4-3-5-7-25/h8-13,18,22,25H,3-7,14-17,19-20H2,1-2H3,(H,37,43)(H,41,42). The van der Waals surface area contributed by atoms with Crippen molar-refractivity contribution in [1.29, 1.82) is 0 Å². The maximum absolute atomic E-state index is 13.2. The third kappa shape index (κ3) is 8.95. The van der Waals surface area contributed by atoms with Gasteiger partial charge in [0.15, 0.2) is 6.10 Å². The molecule has 1 aliphatic heterocycles. The van der Waals surface area contributed by atoms with Crippen LogP contribution in [0.15, 0.2) is 47.4 Å². The number of aliphatic carboxylic acids is 1. The number of amides is 2. The van der Waals surface area contributed by atoms with Gasteiger partial charge in [-0.05, 0) is 62.6 Å². The van der Waals surface area contributed by atoms with Crippen LogP contribution < -0.4 is 10.1 Å². The summed E-state index contributed by atoms with van der Waals surface area (Å²) in [6.07, 6.45) is 0.262. The summed E-state index contributed by atoms with van der Waals surface area (Å²) in [7, 11) is 0. The van der Waals surface area contributed by atoms with Gasteiger partial charge in [0.1, 0.15) is 10.8 Å². The second-order valence-electron chi connectivity index (χ2n) is 11.8. The lowest BCUT2D eigenvalue weighted by molar-refractivity contribution is -0.144. The Morgan fingerprint density at radius 3 is 2.41 bits per heavy atom. The van der Waals surface area contributed by atoms with Crippen molar-refractivity contribution in [3.63, 3.8) is 0 Å². The average Bonchev–Trinajstić information content (AvgIpc) is 3.44. The van der Waals surface area contributed by atoms with Crippen LogP contribution in [0, 0.1) is 6.92 Å². The smallest absolute Gasteiger partial charge is 0.416 e. The van der Waals surface area contributed by atoms with E-state index in [-0.39, 0.29) is 12.1 Å². The number of piperazine rings is 1. The molecule has 1 atom stereocenters. The number of benzene rings is 2. The minimum atomic E-state index is -4.41. The van der Waals surface area contributed by atoms with E-state index in [0.29, 0.717) is 54.8 Å². The number of hydrogen-bond donors (Lipinski definition) is 2. The Hall–Kier alpha value is -3.29. The van der Waals surface area contributed by atoms with E-state index >= 15 is 0 Å². The normalized spacial score (nSPS) is 17.1. The number of alkyl halides is 3. The van der Waals surface area contributed by atoms with E-state index < -0.39 is 23.8 Å². The molecule has 2 aromatic carbocycles. The molecule has 2 fully saturated rings. The highest BCUT2D eigenvalue weighted by Crippen LogP contribution is 2.36. The molecule has 13 heteroatoms. The number of ether oxygens (including phenoxy) is 1. The number of carbonyl (C=O) groups is 2. The SMILES string of the molecule is Cc1cc(SCc2sc(-c3ccc(C(F)(F)F)cc3)nc2CN2CCN(C(=O)NC3CCCCC3)CC2)ccc1OC(C)C(=O)O. The molecule has 3 aromatic rings. The summed E-state index contributed by atoms with van der Waals surface area (Å²) >= 11 is 3.08. The molecule has 0 spiro atoms. The quantitative estimate of drug-likeness (QED) is 0.216. The van der Waals surface area contributed by atoms with Gasteiger partial charge in [0, 0.05) is 59.9 Å². The predicted octanol–water partition coefficient (Wildman–Crippen LogP) is 7.44. The highest BCUT2D eigenvalue weighted by molar-refractivity contribution is 7.98. The molecule has 0 radical (unpaired) electrons. The third-order valence-electron chi connectivity index (χ3n) is 8.37. The van der Waals surface area contributed by atoms with Gasteiger partial charge in [-0.25, -0.2) is 14.6 Å². The minimum Gasteiger partial charge on any atom is -0.479 e. The van der Waals surface area contributed by atoms with Crippen LogP contribution in [0.2, 0.25) is 0 Å². The maximum Gasteiger partial charge on any atom is 0.416 e. The van der Waals surface area contributed by atoms with E-state index in [1.165, 1.54) is 36.8 Å². The first-order valence-electron chi connectivity index (χ1n) is 15.5. The van der Waals surface area contributed by atoms with Crippen molar-refractivity contribution >= 4 is 35.1 Å². The second kappa shape index (κ2) is 15.1. The number of thiazole rings is 1. The fourth-order valence-electron chi connectivity index (χ4n) is 5.61. The van der Waals surface area contributed by atoms with Crippen LogP contribution in [-0.2, 0) is 23.3 Å². The number of aromatic nitrogens is 1. The van der Waals surface area contributed by atoms with Crippen molar-refractivity contribution in [1.82, 2.24) is 20.1 Å². The van der Waals surface area contributed by atoms with Crippen LogP contribution in [0.5, 0.6) is 5.75 Å². The van der Waals surface area contributed by atoms with Crippen LogP contribution in [0.25, 0.3) is 10.6 Å². The monoisotopic (exact) mass is 676 g/mol. The molecule has 1 saturated heterocycles. The molecule has 46 heavy (non-hydrogen) atoms. The van der Waals surface area contributed by atoms with Crippen LogP contribution >= 0.6 is 23.1 Å². The molecule has 1 aliphatic carbocycles.